The minimum atomic E-state index is -1.10. The molecule has 0 amide bonds. The molecule has 2 aromatic rings. The maximum absolute atomic E-state index is 13.8. The number of halogens is 1. The van der Waals surface area contributed by atoms with E-state index >= 15 is 0 Å². The molecule has 0 bridgehead atoms. The molecule has 104 valence electrons. The average Bonchev–Trinajstić information content (AvgIpc) is 2.81. The second-order valence-corrected chi connectivity index (χ2v) is 4.94. The smallest absolute Gasteiger partial charge is 0.328 e. The molecule has 1 N–H and O–H groups in total. The van der Waals surface area contributed by atoms with Gasteiger partial charge in [-0.15, -0.1) is 11.3 Å². The average molecular weight is 293 g/mol. The number of thiazole rings is 1. The lowest BCUT2D eigenvalue weighted by molar-refractivity contribution is -0.131. The molecule has 0 atom stereocenters. The number of aryl methyl sites for hydroxylation is 1. The fourth-order valence-corrected chi connectivity index (χ4v) is 2.26. The number of benzene rings is 1. The zero-order chi connectivity index (χ0) is 14.5. The molecule has 0 saturated carbocycles. The van der Waals surface area contributed by atoms with E-state index in [1.54, 1.807) is 6.07 Å². The third-order valence-electron chi connectivity index (χ3n) is 2.41. The van der Waals surface area contributed by atoms with E-state index in [2.05, 4.69) is 4.98 Å². The topological polar surface area (TPSA) is 59.4 Å². The summed E-state index contributed by atoms with van der Waals surface area (Å²) in [5.74, 6) is -1.61. The highest BCUT2D eigenvalue weighted by Gasteiger charge is 2.09. The lowest BCUT2D eigenvalue weighted by atomic mass is 10.2. The first-order chi connectivity index (χ1) is 9.56. The molecule has 2 rings (SSSR count). The minimum absolute atomic E-state index is 0.0258. The van der Waals surface area contributed by atoms with Crippen molar-refractivity contribution in [2.24, 2.45) is 0 Å². The van der Waals surface area contributed by atoms with Gasteiger partial charge in [-0.3, -0.25) is 0 Å². The van der Waals surface area contributed by atoms with Gasteiger partial charge in [0.25, 0.3) is 0 Å². The summed E-state index contributed by atoms with van der Waals surface area (Å²) in [6.45, 7) is 2.01. The summed E-state index contributed by atoms with van der Waals surface area (Å²) >= 11 is 1.43. The Balaban J connectivity index is 2.19. The summed E-state index contributed by atoms with van der Waals surface area (Å²) < 4.78 is 19.2. The summed E-state index contributed by atoms with van der Waals surface area (Å²) in [5.41, 5.74) is 1.26. The zero-order valence-electron chi connectivity index (χ0n) is 10.7. The molecular weight excluding hydrogens is 281 g/mol. The van der Waals surface area contributed by atoms with Crippen molar-refractivity contribution in [3.05, 3.63) is 51.7 Å². The maximum Gasteiger partial charge on any atom is 0.328 e. The summed E-state index contributed by atoms with van der Waals surface area (Å²) in [7, 11) is 0. The van der Waals surface area contributed by atoms with Crippen molar-refractivity contribution in [1.29, 1.82) is 0 Å². The first-order valence-corrected chi connectivity index (χ1v) is 6.67. The number of carboxylic acid groups (broad SMARTS) is 1. The Hall–Kier alpha value is -2.21. The van der Waals surface area contributed by atoms with Crippen LogP contribution in [0.1, 0.15) is 16.3 Å². The van der Waals surface area contributed by atoms with E-state index < -0.39 is 11.8 Å². The van der Waals surface area contributed by atoms with Gasteiger partial charge in [0.05, 0.1) is 0 Å². The Morgan fingerprint density at radius 2 is 2.35 bits per heavy atom. The van der Waals surface area contributed by atoms with Gasteiger partial charge in [-0.05, 0) is 19.1 Å². The monoisotopic (exact) mass is 293 g/mol. The minimum Gasteiger partial charge on any atom is -0.483 e. The molecule has 1 heterocycles. The maximum atomic E-state index is 13.8. The summed E-state index contributed by atoms with van der Waals surface area (Å²) in [6, 6.07) is 4.35. The zero-order valence-corrected chi connectivity index (χ0v) is 11.5. The number of nitrogens with zero attached hydrogens (tertiary/aromatic N) is 1. The molecule has 0 spiro atoms. The van der Waals surface area contributed by atoms with Gasteiger partial charge < -0.3 is 9.84 Å². The van der Waals surface area contributed by atoms with Crippen LogP contribution < -0.4 is 4.74 Å². The fraction of sp³-hybridized carbons (Fsp3) is 0.143. The van der Waals surface area contributed by atoms with E-state index in [4.69, 9.17) is 9.84 Å². The SMILES string of the molecule is Cc1csc(COc2c(F)cccc2/C=C/C(=O)O)n1. The highest BCUT2D eigenvalue weighted by atomic mass is 32.1. The van der Waals surface area contributed by atoms with E-state index in [1.165, 1.54) is 29.5 Å². The van der Waals surface area contributed by atoms with Crippen molar-refractivity contribution in [2.45, 2.75) is 13.5 Å². The number of carbonyl (C=O) groups is 1. The highest BCUT2D eigenvalue weighted by molar-refractivity contribution is 7.09. The molecule has 0 fully saturated rings. The van der Waals surface area contributed by atoms with Gasteiger partial charge in [0.15, 0.2) is 11.6 Å². The predicted octanol–water partition coefficient (Wildman–Crippen LogP) is 3.27. The summed E-state index contributed by atoms with van der Waals surface area (Å²) in [4.78, 5) is 14.7. The highest BCUT2D eigenvalue weighted by Crippen LogP contribution is 2.25. The van der Waals surface area contributed by atoms with Gasteiger partial charge in [-0.2, -0.15) is 0 Å². The Kier molecular flexibility index (Phi) is 4.47. The van der Waals surface area contributed by atoms with Crippen LogP contribution in [0.5, 0.6) is 5.75 Å². The van der Waals surface area contributed by atoms with Crippen molar-refractivity contribution >= 4 is 23.4 Å². The normalized spacial score (nSPS) is 10.9. The number of carboxylic acids is 1. The van der Waals surface area contributed by atoms with Gasteiger partial charge in [0.1, 0.15) is 11.6 Å². The van der Waals surface area contributed by atoms with E-state index in [0.29, 0.717) is 5.56 Å². The number of aliphatic carboxylic acids is 1. The van der Waals surface area contributed by atoms with Gasteiger partial charge in [0, 0.05) is 22.7 Å². The molecule has 0 radical (unpaired) electrons. The number of aromatic nitrogens is 1. The number of hydrogen-bond acceptors (Lipinski definition) is 4. The van der Waals surface area contributed by atoms with Crippen LogP contribution in [0.25, 0.3) is 6.08 Å². The van der Waals surface area contributed by atoms with Gasteiger partial charge in [0.2, 0.25) is 0 Å². The molecule has 6 heteroatoms. The summed E-state index contributed by atoms with van der Waals surface area (Å²) in [5, 5.41) is 11.2. The van der Waals surface area contributed by atoms with Crippen molar-refractivity contribution in [3.63, 3.8) is 0 Å². The van der Waals surface area contributed by atoms with Crippen LogP contribution in [0.15, 0.2) is 29.7 Å². The number of para-hydroxylation sites is 1. The standard InChI is InChI=1S/C14H12FNO3S/c1-9-8-20-12(16-9)7-19-14-10(5-6-13(17)18)3-2-4-11(14)15/h2-6,8H,7H2,1H3,(H,17,18)/b6-5+. The van der Waals surface area contributed by atoms with Crippen LogP contribution in [0.2, 0.25) is 0 Å². The fourth-order valence-electron chi connectivity index (χ4n) is 1.57. The number of hydrogen-bond donors (Lipinski definition) is 1. The first kappa shape index (κ1) is 14.2. The molecule has 4 nitrogen and oxygen atoms in total. The lowest BCUT2D eigenvalue weighted by Gasteiger charge is -2.08. The van der Waals surface area contributed by atoms with Crippen molar-refractivity contribution < 1.29 is 19.0 Å². The molecule has 0 aliphatic carbocycles. The summed E-state index contributed by atoms with van der Waals surface area (Å²) in [6.07, 6.45) is 2.24. The quantitative estimate of drug-likeness (QED) is 0.860. The molecule has 0 aliphatic heterocycles. The van der Waals surface area contributed by atoms with E-state index in [-0.39, 0.29) is 12.4 Å². The van der Waals surface area contributed by atoms with Crippen molar-refractivity contribution in [2.75, 3.05) is 0 Å². The van der Waals surface area contributed by atoms with Crippen LogP contribution in [-0.4, -0.2) is 16.1 Å². The van der Waals surface area contributed by atoms with Gasteiger partial charge >= 0.3 is 5.97 Å². The second-order valence-electron chi connectivity index (χ2n) is 4.00. The van der Waals surface area contributed by atoms with Crippen molar-refractivity contribution in [1.82, 2.24) is 4.98 Å². The second kappa shape index (κ2) is 6.29. The van der Waals surface area contributed by atoms with Crippen LogP contribution in [0.3, 0.4) is 0 Å². The van der Waals surface area contributed by atoms with E-state index in [9.17, 15) is 9.18 Å². The van der Waals surface area contributed by atoms with Crippen LogP contribution in [0, 0.1) is 12.7 Å². The van der Waals surface area contributed by atoms with E-state index in [1.807, 2.05) is 12.3 Å². The molecule has 0 unspecified atom stereocenters. The molecule has 0 saturated heterocycles. The third-order valence-corrected chi connectivity index (χ3v) is 3.35. The van der Waals surface area contributed by atoms with E-state index in [0.717, 1.165) is 16.8 Å². The Bertz CT molecular complexity index is 652. The first-order valence-electron chi connectivity index (χ1n) is 5.79. The van der Waals surface area contributed by atoms with Gasteiger partial charge in [-0.1, -0.05) is 12.1 Å². The van der Waals surface area contributed by atoms with Crippen LogP contribution >= 0.6 is 11.3 Å². The predicted molar refractivity (Wildman–Crippen MR) is 74.3 cm³/mol. The Labute approximate surface area is 119 Å². The Morgan fingerprint density at radius 3 is 3.00 bits per heavy atom. The van der Waals surface area contributed by atoms with Crippen molar-refractivity contribution in [3.8, 4) is 5.75 Å². The Morgan fingerprint density at radius 1 is 1.55 bits per heavy atom. The van der Waals surface area contributed by atoms with Crippen LogP contribution in [0.4, 0.5) is 4.39 Å². The molecule has 20 heavy (non-hydrogen) atoms. The number of rotatable bonds is 5. The molecule has 1 aromatic heterocycles. The largest absolute Gasteiger partial charge is 0.483 e. The lowest BCUT2D eigenvalue weighted by Crippen LogP contribution is -1.99. The number of ether oxygens (including phenoxy) is 1. The van der Waals surface area contributed by atoms with Crippen LogP contribution in [-0.2, 0) is 11.4 Å². The molecule has 1 aromatic carbocycles. The third kappa shape index (κ3) is 3.64. The molecular formula is C14H12FNO3S. The van der Waals surface area contributed by atoms with Gasteiger partial charge in [-0.25, -0.2) is 14.2 Å². The molecule has 0 aliphatic rings.